The maximum atomic E-state index is 12.5. The summed E-state index contributed by atoms with van der Waals surface area (Å²) in [4.78, 5) is 26.1. The summed E-state index contributed by atoms with van der Waals surface area (Å²) in [7, 11) is 0. The Labute approximate surface area is 148 Å². The number of amides is 2. The molecular formula is C19H17F3N2O2. The Hall–Kier alpha value is -2.83. The molecule has 4 nitrogen and oxygen atoms in total. The fraction of sp³-hybridized carbons (Fsp3) is 0.263. The van der Waals surface area contributed by atoms with Crippen molar-refractivity contribution in [3.8, 4) is 0 Å². The Morgan fingerprint density at radius 1 is 1.12 bits per heavy atom. The van der Waals surface area contributed by atoms with Crippen molar-refractivity contribution < 1.29 is 22.8 Å². The van der Waals surface area contributed by atoms with Gasteiger partial charge in [-0.3, -0.25) is 9.59 Å². The van der Waals surface area contributed by atoms with E-state index < -0.39 is 17.6 Å². The average molecular weight is 362 g/mol. The molecule has 0 aromatic heterocycles. The zero-order valence-corrected chi connectivity index (χ0v) is 14.0. The van der Waals surface area contributed by atoms with Crippen LogP contribution >= 0.6 is 0 Å². The van der Waals surface area contributed by atoms with Crippen LogP contribution in [0.15, 0.2) is 48.5 Å². The van der Waals surface area contributed by atoms with E-state index in [0.29, 0.717) is 6.54 Å². The summed E-state index contributed by atoms with van der Waals surface area (Å²) in [5.41, 5.74) is 1.15. The smallest absolute Gasteiger partial charge is 0.343 e. The van der Waals surface area contributed by atoms with Gasteiger partial charge in [0, 0.05) is 23.7 Å². The van der Waals surface area contributed by atoms with Crippen molar-refractivity contribution in [1.29, 1.82) is 0 Å². The molecule has 1 heterocycles. The number of para-hydroxylation sites is 1. The van der Waals surface area contributed by atoms with E-state index in [1.54, 1.807) is 4.90 Å². The molecule has 0 radical (unpaired) electrons. The number of carbonyl (C=O) groups is 2. The predicted molar refractivity (Wildman–Crippen MR) is 91.0 cm³/mol. The number of anilines is 1. The van der Waals surface area contributed by atoms with E-state index in [0.717, 1.165) is 35.5 Å². The first-order valence-electron chi connectivity index (χ1n) is 8.12. The van der Waals surface area contributed by atoms with Crippen molar-refractivity contribution >= 4 is 17.5 Å². The van der Waals surface area contributed by atoms with Gasteiger partial charge in [-0.1, -0.05) is 25.1 Å². The maximum Gasteiger partial charge on any atom is 0.416 e. The largest absolute Gasteiger partial charge is 0.416 e. The highest BCUT2D eigenvalue weighted by atomic mass is 19.4. The number of nitrogens with zero attached hydrogens (tertiary/aromatic N) is 1. The van der Waals surface area contributed by atoms with Gasteiger partial charge < -0.3 is 10.2 Å². The number of hydrogen-bond acceptors (Lipinski definition) is 2. The number of fused-ring (bicyclic) bond motifs is 1. The number of halogens is 3. The maximum absolute atomic E-state index is 12.5. The van der Waals surface area contributed by atoms with E-state index in [1.165, 1.54) is 0 Å². The van der Waals surface area contributed by atoms with Crippen molar-refractivity contribution in [3.05, 3.63) is 65.2 Å². The standard InChI is InChI=1S/C19H17F3N2O2/c1-12-11-24(16-5-3-2-4-15(12)16)17(25)10-23-18(26)13-6-8-14(9-7-13)19(20,21)22/h2-9,12H,10-11H2,1H3,(H,23,26)/t12-/m1/s1. The summed E-state index contributed by atoms with van der Waals surface area (Å²) in [5, 5.41) is 2.47. The number of benzene rings is 2. The molecule has 2 aromatic rings. The molecule has 0 spiro atoms. The second kappa shape index (κ2) is 6.82. The van der Waals surface area contributed by atoms with Crippen LogP contribution in [-0.4, -0.2) is 24.9 Å². The van der Waals surface area contributed by atoms with Crippen LogP contribution in [0.25, 0.3) is 0 Å². The molecule has 26 heavy (non-hydrogen) atoms. The van der Waals surface area contributed by atoms with Gasteiger partial charge in [0.25, 0.3) is 5.91 Å². The molecule has 0 fully saturated rings. The third-order valence-corrected chi connectivity index (χ3v) is 4.39. The van der Waals surface area contributed by atoms with Crippen molar-refractivity contribution in [1.82, 2.24) is 5.32 Å². The topological polar surface area (TPSA) is 49.4 Å². The average Bonchev–Trinajstić information content (AvgIpc) is 2.96. The lowest BCUT2D eigenvalue weighted by atomic mass is 10.0. The first-order valence-corrected chi connectivity index (χ1v) is 8.12. The molecule has 1 aliphatic rings. The fourth-order valence-electron chi connectivity index (χ4n) is 3.02. The molecular weight excluding hydrogens is 345 g/mol. The highest BCUT2D eigenvalue weighted by Gasteiger charge is 2.31. The molecule has 2 aromatic carbocycles. The minimum Gasteiger partial charge on any atom is -0.343 e. The van der Waals surface area contributed by atoms with Crippen LogP contribution in [-0.2, 0) is 11.0 Å². The van der Waals surface area contributed by atoms with Crippen molar-refractivity contribution in [2.45, 2.75) is 19.0 Å². The quantitative estimate of drug-likeness (QED) is 0.907. The summed E-state index contributed by atoms with van der Waals surface area (Å²) >= 11 is 0. The fourth-order valence-corrected chi connectivity index (χ4v) is 3.02. The zero-order valence-electron chi connectivity index (χ0n) is 14.0. The van der Waals surface area contributed by atoms with Crippen LogP contribution in [0.1, 0.15) is 34.3 Å². The Morgan fingerprint density at radius 3 is 2.42 bits per heavy atom. The van der Waals surface area contributed by atoms with Gasteiger partial charge in [-0.05, 0) is 35.9 Å². The first kappa shape index (κ1) is 18.0. The highest BCUT2D eigenvalue weighted by Crippen LogP contribution is 2.35. The molecule has 0 unspecified atom stereocenters. The summed E-state index contributed by atoms with van der Waals surface area (Å²) < 4.78 is 37.6. The first-order chi connectivity index (χ1) is 12.3. The van der Waals surface area contributed by atoms with Crippen molar-refractivity contribution in [2.75, 3.05) is 18.0 Å². The number of rotatable bonds is 3. The Kier molecular flexibility index (Phi) is 4.71. The second-order valence-corrected chi connectivity index (χ2v) is 6.22. The van der Waals surface area contributed by atoms with E-state index in [-0.39, 0.29) is 23.9 Å². The van der Waals surface area contributed by atoms with Crippen LogP contribution < -0.4 is 10.2 Å². The molecule has 0 bridgehead atoms. The minimum absolute atomic E-state index is 0.0704. The summed E-state index contributed by atoms with van der Waals surface area (Å²) in [6, 6.07) is 11.5. The van der Waals surface area contributed by atoms with Crippen LogP contribution in [0.4, 0.5) is 18.9 Å². The summed E-state index contributed by atoms with van der Waals surface area (Å²) in [6.07, 6.45) is -4.45. The number of hydrogen-bond donors (Lipinski definition) is 1. The van der Waals surface area contributed by atoms with Gasteiger partial charge >= 0.3 is 6.18 Å². The zero-order chi connectivity index (χ0) is 18.9. The Bertz CT molecular complexity index is 831. The molecule has 0 saturated carbocycles. The second-order valence-electron chi connectivity index (χ2n) is 6.22. The minimum atomic E-state index is -4.45. The van der Waals surface area contributed by atoms with E-state index >= 15 is 0 Å². The van der Waals surface area contributed by atoms with Gasteiger partial charge in [0.15, 0.2) is 0 Å². The van der Waals surface area contributed by atoms with Gasteiger partial charge in [0.2, 0.25) is 5.91 Å². The predicted octanol–water partition coefficient (Wildman–Crippen LogP) is 3.59. The SMILES string of the molecule is C[C@@H]1CN(C(=O)CNC(=O)c2ccc(C(F)(F)F)cc2)c2ccccc21. The van der Waals surface area contributed by atoms with Gasteiger partial charge in [-0.2, -0.15) is 13.2 Å². The molecule has 0 aliphatic carbocycles. The lowest BCUT2D eigenvalue weighted by Crippen LogP contribution is -2.39. The summed E-state index contributed by atoms with van der Waals surface area (Å²) in [5.74, 6) is -0.643. The van der Waals surface area contributed by atoms with Crippen molar-refractivity contribution in [3.63, 3.8) is 0 Å². The number of nitrogens with one attached hydrogen (secondary N) is 1. The molecule has 3 rings (SSSR count). The Balaban J connectivity index is 1.62. The van der Waals surface area contributed by atoms with E-state index in [1.807, 2.05) is 31.2 Å². The van der Waals surface area contributed by atoms with E-state index in [2.05, 4.69) is 5.32 Å². The summed E-state index contributed by atoms with van der Waals surface area (Å²) in [6.45, 7) is 2.34. The van der Waals surface area contributed by atoms with Gasteiger partial charge in [-0.25, -0.2) is 0 Å². The third kappa shape index (κ3) is 3.56. The van der Waals surface area contributed by atoms with Gasteiger partial charge in [0.1, 0.15) is 0 Å². The monoisotopic (exact) mass is 362 g/mol. The molecule has 1 aliphatic heterocycles. The third-order valence-electron chi connectivity index (χ3n) is 4.39. The number of alkyl halides is 3. The lowest BCUT2D eigenvalue weighted by Gasteiger charge is -2.18. The molecule has 7 heteroatoms. The van der Waals surface area contributed by atoms with Crippen LogP contribution in [0.2, 0.25) is 0 Å². The molecule has 1 atom stereocenters. The normalized spacial score (nSPS) is 16.3. The lowest BCUT2D eigenvalue weighted by molar-refractivity contribution is -0.137. The number of carbonyl (C=O) groups excluding carboxylic acids is 2. The highest BCUT2D eigenvalue weighted by molar-refractivity contribution is 6.01. The van der Waals surface area contributed by atoms with Crippen molar-refractivity contribution in [2.24, 2.45) is 0 Å². The Morgan fingerprint density at radius 2 is 1.77 bits per heavy atom. The molecule has 0 saturated heterocycles. The molecule has 136 valence electrons. The molecule has 2 amide bonds. The van der Waals surface area contributed by atoms with Crippen LogP contribution in [0.5, 0.6) is 0 Å². The van der Waals surface area contributed by atoms with Crippen LogP contribution in [0, 0.1) is 0 Å². The van der Waals surface area contributed by atoms with E-state index in [4.69, 9.17) is 0 Å². The van der Waals surface area contributed by atoms with Gasteiger partial charge in [-0.15, -0.1) is 0 Å². The van der Waals surface area contributed by atoms with E-state index in [9.17, 15) is 22.8 Å². The van der Waals surface area contributed by atoms with Gasteiger partial charge in [0.05, 0.1) is 12.1 Å². The molecule has 1 N–H and O–H groups in total. The van der Waals surface area contributed by atoms with Crippen LogP contribution in [0.3, 0.4) is 0 Å².